The van der Waals surface area contributed by atoms with E-state index in [1.165, 1.54) is 19.3 Å². The quantitative estimate of drug-likeness (QED) is 0.853. The molecule has 0 radical (unpaired) electrons. The highest BCUT2D eigenvalue weighted by atomic mass is 35.5. The standard InChI is InChI=1S/C8H10ClF2N3/c1-5(8(2,10)11)14-7-4-12-6(9)3-13-7/h3-5H,1-2H3,(H,13,14). The third-order valence-corrected chi connectivity index (χ3v) is 1.94. The lowest BCUT2D eigenvalue weighted by Gasteiger charge is -2.20. The van der Waals surface area contributed by atoms with E-state index in [1.807, 2.05) is 0 Å². The summed E-state index contributed by atoms with van der Waals surface area (Å²) in [6.45, 7) is 2.21. The first-order chi connectivity index (χ1) is 6.39. The molecule has 0 spiro atoms. The molecule has 1 unspecified atom stereocenters. The summed E-state index contributed by atoms with van der Waals surface area (Å²) in [5.74, 6) is -2.52. The van der Waals surface area contributed by atoms with Gasteiger partial charge in [-0.3, -0.25) is 0 Å². The molecular weight excluding hydrogens is 212 g/mol. The Kier molecular flexibility index (Phi) is 3.21. The molecule has 3 nitrogen and oxygen atoms in total. The lowest BCUT2D eigenvalue weighted by atomic mass is 10.2. The van der Waals surface area contributed by atoms with Crippen molar-refractivity contribution in [2.75, 3.05) is 5.32 Å². The van der Waals surface area contributed by atoms with E-state index in [-0.39, 0.29) is 11.0 Å². The van der Waals surface area contributed by atoms with Gasteiger partial charge in [-0.1, -0.05) is 11.6 Å². The summed E-state index contributed by atoms with van der Waals surface area (Å²) < 4.78 is 25.5. The van der Waals surface area contributed by atoms with Crippen LogP contribution in [0, 0.1) is 0 Å². The largest absolute Gasteiger partial charge is 0.360 e. The highest BCUT2D eigenvalue weighted by Crippen LogP contribution is 2.20. The van der Waals surface area contributed by atoms with Gasteiger partial charge in [-0.15, -0.1) is 0 Å². The molecule has 0 aliphatic carbocycles. The predicted molar refractivity (Wildman–Crippen MR) is 50.7 cm³/mol. The molecule has 0 aliphatic heterocycles. The molecule has 1 atom stereocenters. The fourth-order valence-corrected chi connectivity index (χ4v) is 0.833. The van der Waals surface area contributed by atoms with Crippen LogP contribution in [0.5, 0.6) is 0 Å². The summed E-state index contributed by atoms with van der Waals surface area (Å²) in [7, 11) is 0. The van der Waals surface area contributed by atoms with E-state index in [0.717, 1.165) is 6.92 Å². The Morgan fingerprint density at radius 1 is 1.43 bits per heavy atom. The van der Waals surface area contributed by atoms with E-state index in [2.05, 4.69) is 15.3 Å². The van der Waals surface area contributed by atoms with Crippen LogP contribution >= 0.6 is 11.6 Å². The Hall–Kier alpha value is -0.970. The third kappa shape index (κ3) is 3.06. The van der Waals surface area contributed by atoms with Gasteiger partial charge in [0, 0.05) is 6.92 Å². The Morgan fingerprint density at radius 2 is 2.07 bits per heavy atom. The van der Waals surface area contributed by atoms with Gasteiger partial charge < -0.3 is 5.32 Å². The van der Waals surface area contributed by atoms with Crippen molar-refractivity contribution in [3.05, 3.63) is 17.5 Å². The molecule has 0 aromatic carbocycles. The summed E-state index contributed by atoms with van der Waals surface area (Å²) >= 11 is 5.49. The predicted octanol–water partition coefficient (Wildman–Crippen LogP) is 2.59. The smallest absolute Gasteiger partial charge is 0.264 e. The van der Waals surface area contributed by atoms with Gasteiger partial charge in [0.25, 0.3) is 5.92 Å². The molecule has 0 amide bonds. The van der Waals surface area contributed by atoms with Gasteiger partial charge in [-0.25, -0.2) is 18.7 Å². The number of nitrogens with zero attached hydrogens (tertiary/aromatic N) is 2. The first-order valence-corrected chi connectivity index (χ1v) is 4.39. The van der Waals surface area contributed by atoms with E-state index in [9.17, 15) is 8.78 Å². The van der Waals surface area contributed by atoms with Crippen LogP contribution in [0.4, 0.5) is 14.6 Å². The number of halogens is 3. The normalized spacial score (nSPS) is 13.8. The highest BCUT2D eigenvalue weighted by molar-refractivity contribution is 6.29. The summed E-state index contributed by atoms with van der Waals surface area (Å²) in [5, 5.41) is 2.75. The monoisotopic (exact) mass is 221 g/mol. The van der Waals surface area contributed by atoms with Crippen LogP contribution in [-0.2, 0) is 0 Å². The molecule has 78 valence electrons. The van der Waals surface area contributed by atoms with Gasteiger partial charge in [0.2, 0.25) is 0 Å². The SMILES string of the molecule is CC(Nc1cnc(Cl)cn1)C(C)(F)F. The van der Waals surface area contributed by atoms with Crippen molar-refractivity contribution in [2.24, 2.45) is 0 Å². The molecule has 14 heavy (non-hydrogen) atoms. The summed E-state index contributed by atoms with van der Waals surface area (Å²) in [6, 6.07) is -1.00. The summed E-state index contributed by atoms with van der Waals surface area (Å²) in [5.41, 5.74) is 0. The van der Waals surface area contributed by atoms with Crippen molar-refractivity contribution in [3.8, 4) is 0 Å². The molecular formula is C8H10ClF2N3. The van der Waals surface area contributed by atoms with Crippen LogP contribution < -0.4 is 5.32 Å². The lowest BCUT2D eigenvalue weighted by molar-refractivity contribution is 0.00688. The average Bonchev–Trinajstić information content (AvgIpc) is 2.07. The molecule has 6 heteroatoms. The van der Waals surface area contributed by atoms with Crippen molar-refractivity contribution >= 4 is 17.4 Å². The van der Waals surface area contributed by atoms with Crippen LogP contribution in [-0.4, -0.2) is 21.9 Å². The number of anilines is 1. The zero-order valence-electron chi connectivity index (χ0n) is 7.76. The zero-order valence-corrected chi connectivity index (χ0v) is 8.52. The third-order valence-electron chi connectivity index (χ3n) is 1.75. The van der Waals surface area contributed by atoms with E-state index < -0.39 is 12.0 Å². The number of alkyl halides is 2. The molecule has 1 aromatic rings. The van der Waals surface area contributed by atoms with Gasteiger partial charge >= 0.3 is 0 Å². The Bertz CT molecular complexity index is 296. The summed E-state index contributed by atoms with van der Waals surface area (Å²) in [4.78, 5) is 7.50. The molecule has 1 rings (SSSR count). The molecule has 0 saturated carbocycles. The Morgan fingerprint density at radius 3 is 2.50 bits per heavy atom. The van der Waals surface area contributed by atoms with Crippen molar-refractivity contribution in [1.82, 2.24) is 9.97 Å². The molecule has 0 bridgehead atoms. The van der Waals surface area contributed by atoms with Crippen LogP contribution in [0.25, 0.3) is 0 Å². The van der Waals surface area contributed by atoms with Crippen molar-refractivity contribution in [3.63, 3.8) is 0 Å². The number of aromatic nitrogens is 2. The molecule has 0 fully saturated rings. The van der Waals surface area contributed by atoms with E-state index in [0.29, 0.717) is 0 Å². The minimum absolute atomic E-state index is 0.228. The fraction of sp³-hybridized carbons (Fsp3) is 0.500. The second-order valence-electron chi connectivity index (χ2n) is 3.05. The minimum atomic E-state index is -2.80. The second kappa shape index (κ2) is 4.04. The maximum absolute atomic E-state index is 12.7. The summed E-state index contributed by atoms with van der Waals surface area (Å²) in [6.07, 6.45) is 2.61. The van der Waals surface area contributed by atoms with Crippen molar-refractivity contribution < 1.29 is 8.78 Å². The van der Waals surface area contributed by atoms with Crippen LogP contribution in [0.2, 0.25) is 5.15 Å². The van der Waals surface area contributed by atoms with Gasteiger partial charge in [0.05, 0.1) is 18.4 Å². The molecule has 0 saturated heterocycles. The Labute approximate surface area is 85.5 Å². The molecule has 0 aliphatic rings. The Balaban J connectivity index is 2.65. The first-order valence-electron chi connectivity index (χ1n) is 4.01. The minimum Gasteiger partial charge on any atom is -0.360 e. The van der Waals surface area contributed by atoms with Crippen LogP contribution in [0.3, 0.4) is 0 Å². The maximum Gasteiger partial charge on any atom is 0.264 e. The maximum atomic E-state index is 12.7. The fourth-order valence-electron chi connectivity index (χ4n) is 0.735. The van der Waals surface area contributed by atoms with Crippen molar-refractivity contribution in [1.29, 1.82) is 0 Å². The van der Waals surface area contributed by atoms with Gasteiger partial charge in [-0.2, -0.15) is 0 Å². The molecule has 1 heterocycles. The van der Waals surface area contributed by atoms with Gasteiger partial charge in [0.15, 0.2) is 0 Å². The number of hydrogen-bond acceptors (Lipinski definition) is 3. The van der Waals surface area contributed by atoms with Gasteiger partial charge in [-0.05, 0) is 6.92 Å². The molecule has 1 aromatic heterocycles. The van der Waals surface area contributed by atoms with E-state index in [4.69, 9.17) is 11.6 Å². The number of nitrogens with one attached hydrogen (secondary N) is 1. The number of rotatable bonds is 3. The first kappa shape index (κ1) is 11.1. The van der Waals surface area contributed by atoms with Crippen molar-refractivity contribution in [2.45, 2.75) is 25.8 Å². The topological polar surface area (TPSA) is 37.8 Å². The second-order valence-corrected chi connectivity index (χ2v) is 3.43. The average molecular weight is 222 g/mol. The van der Waals surface area contributed by atoms with Gasteiger partial charge in [0.1, 0.15) is 11.0 Å². The van der Waals surface area contributed by atoms with E-state index in [1.54, 1.807) is 0 Å². The lowest BCUT2D eigenvalue weighted by Crippen LogP contribution is -2.34. The highest BCUT2D eigenvalue weighted by Gasteiger charge is 2.30. The molecule has 1 N–H and O–H groups in total. The van der Waals surface area contributed by atoms with Crippen LogP contribution in [0.1, 0.15) is 13.8 Å². The number of hydrogen-bond donors (Lipinski definition) is 1. The van der Waals surface area contributed by atoms with E-state index >= 15 is 0 Å². The van der Waals surface area contributed by atoms with Crippen LogP contribution in [0.15, 0.2) is 12.4 Å². The zero-order chi connectivity index (χ0) is 10.8.